The third-order valence-electron chi connectivity index (χ3n) is 7.20. The summed E-state index contributed by atoms with van der Waals surface area (Å²) >= 11 is 0. The average Bonchev–Trinajstić information content (AvgIpc) is 2.88. The van der Waals surface area contributed by atoms with E-state index in [2.05, 4.69) is 4.98 Å². The monoisotopic (exact) mass is 491 g/mol. The van der Waals surface area contributed by atoms with Crippen LogP contribution in [-0.2, 0) is 16.5 Å². The summed E-state index contributed by atoms with van der Waals surface area (Å²) in [5.74, 6) is -0.0792. The standard InChI is InChI=1S/C25H28F3N3O4/c1-35-24(10-14-31(15-11-24)23(33)34)19-4-2-18(3-5-19)22(32)30-12-8-17(9-13-30)21-7-6-20(16-29-21)25(26,27)28/h2-7,16-17H,8-15H2,1H3,(H,33,34). The fourth-order valence-electron chi connectivity index (χ4n) is 4.96. The van der Waals surface area contributed by atoms with Crippen molar-refractivity contribution in [3.63, 3.8) is 0 Å². The number of piperidine rings is 2. The van der Waals surface area contributed by atoms with E-state index >= 15 is 0 Å². The van der Waals surface area contributed by atoms with Crippen LogP contribution in [0.5, 0.6) is 0 Å². The van der Waals surface area contributed by atoms with Gasteiger partial charge in [-0.3, -0.25) is 9.78 Å². The van der Waals surface area contributed by atoms with E-state index in [4.69, 9.17) is 4.74 Å². The molecule has 7 nitrogen and oxygen atoms in total. The van der Waals surface area contributed by atoms with Crippen LogP contribution in [-0.4, -0.2) is 65.2 Å². The summed E-state index contributed by atoms with van der Waals surface area (Å²) in [5, 5.41) is 9.19. The lowest BCUT2D eigenvalue weighted by atomic mass is 9.83. The number of hydrogen-bond donors (Lipinski definition) is 1. The quantitative estimate of drug-likeness (QED) is 0.668. The maximum absolute atomic E-state index is 13.0. The molecule has 0 radical (unpaired) electrons. The van der Waals surface area contributed by atoms with Crippen molar-refractivity contribution in [3.05, 3.63) is 65.0 Å². The van der Waals surface area contributed by atoms with Crippen LogP contribution in [0.3, 0.4) is 0 Å². The normalized spacial score (nSPS) is 19.0. The molecule has 2 fully saturated rings. The van der Waals surface area contributed by atoms with Gasteiger partial charge in [0, 0.05) is 56.7 Å². The highest BCUT2D eigenvalue weighted by Crippen LogP contribution is 2.37. The van der Waals surface area contributed by atoms with E-state index in [1.165, 1.54) is 11.0 Å². The van der Waals surface area contributed by atoms with Gasteiger partial charge in [-0.15, -0.1) is 0 Å². The minimum Gasteiger partial charge on any atom is -0.465 e. The van der Waals surface area contributed by atoms with Gasteiger partial charge in [-0.25, -0.2) is 4.79 Å². The fraction of sp³-hybridized carbons (Fsp3) is 0.480. The van der Waals surface area contributed by atoms with E-state index < -0.39 is 23.4 Å². The Balaban J connectivity index is 1.36. The minimum absolute atomic E-state index is 0.0157. The Hall–Kier alpha value is -3.14. The van der Waals surface area contributed by atoms with Crippen molar-refractivity contribution in [2.45, 2.75) is 43.4 Å². The molecule has 3 heterocycles. The number of pyridine rings is 1. The summed E-state index contributed by atoms with van der Waals surface area (Å²) < 4.78 is 44.1. The highest BCUT2D eigenvalue weighted by atomic mass is 19.4. The van der Waals surface area contributed by atoms with Gasteiger partial charge in [0.15, 0.2) is 0 Å². The molecule has 0 saturated carbocycles. The smallest absolute Gasteiger partial charge is 0.417 e. The number of carbonyl (C=O) groups is 2. The van der Waals surface area contributed by atoms with Crippen LogP contribution >= 0.6 is 0 Å². The molecular formula is C25H28F3N3O4. The van der Waals surface area contributed by atoms with Crippen molar-refractivity contribution in [3.8, 4) is 0 Å². The Morgan fingerprint density at radius 2 is 1.63 bits per heavy atom. The second-order valence-electron chi connectivity index (χ2n) is 9.08. The Morgan fingerprint density at radius 3 is 2.11 bits per heavy atom. The Labute approximate surface area is 201 Å². The SMILES string of the molecule is COC1(c2ccc(C(=O)N3CCC(c4ccc(C(F)(F)F)cn4)CC3)cc2)CCN(C(=O)O)CC1. The largest absolute Gasteiger partial charge is 0.465 e. The topological polar surface area (TPSA) is 83.0 Å². The van der Waals surface area contributed by atoms with Crippen LogP contribution in [0.4, 0.5) is 18.0 Å². The van der Waals surface area contributed by atoms with Crippen LogP contribution in [0.15, 0.2) is 42.6 Å². The molecule has 2 amide bonds. The van der Waals surface area contributed by atoms with Gasteiger partial charge in [-0.05, 0) is 55.5 Å². The van der Waals surface area contributed by atoms with Gasteiger partial charge in [-0.2, -0.15) is 13.2 Å². The van der Waals surface area contributed by atoms with Gasteiger partial charge in [0.25, 0.3) is 5.91 Å². The molecule has 1 aromatic heterocycles. The van der Waals surface area contributed by atoms with Crippen LogP contribution < -0.4 is 0 Å². The molecule has 1 aromatic carbocycles. The number of hydrogen-bond acceptors (Lipinski definition) is 4. The Morgan fingerprint density at radius 1 is 1.00 bits per heavy atom. The lowest BCUT2D eigenvalue weighted by Crippen LogP contribution is -2.45. The van der Waals surface area contributed by atoms with Gasteiger partial charge < -0.3 is 19.6 Å². The number of alkyl halides is 3. The van der Waals surface area contributed by atoms with Crippen LogP contribution in [0, 0.1) is 0 Å². The zero-order valence-corrected chi connectivity index (χ0v) is 19.4. The van der Waals surface area contributed by atoms with E-state index in [-0.39, 0.29) is 11.8 Å². The number of halogens is 3. The molecule has 10 heteroatoms. The first-order valence-corrected chi connectivity index (χ1v) is 11.6. The van der Waals surface area contributed by atoms with Crippen LogP contribution in [0.25, 0.3) is 0 Å². The summed E-state index contributed by atoms with van der Waals surface area (Å²) in [4.78, 5) is 31.4. The first kappa shape index (κ1) is 25.0. The van der Waals surface area contributed by atoms with Gasteiger partial charge in [0.1, 0.15) is 0 Å². The molecule has 35 heavy (non-hydrogen) atoms. The number of aromatic nitrogens is 1. The molecular weight excluding hydrogens is 463 g/mol. The number of carbonyl (C=O) groups excluding carboxylic acids is 1. The number of benzene rings is 1. The van der Waals surface area contributed by atoms with Gasteiger partial charge in [-0.1, -0.05) is 12.1 Å². The first-order chi connectivity index (χ1) is 16.6. The number of likely N-dealkylation sites (tertiary alicyclic amines) is 2. The summed E-state index contributed by atoms with van der Waals surface area (Å²) in [5.41, 5.74) is 0.733. The molecule has 4 rings (SSSR count). The lowest BCUT2D eigenvalue weighted by Gasteiger charge is -2.40. The van der Waals surface area contributed by atoms with Gasteiger partial charge in [0.2, 0.25) is 0 Å². The summed E-state index contributed by atoms with van der Waals surface area (Å²) in [7, 11) is 1.62. The zero-order valence-electron chi connectivity index (χ0n) is 19.4. The average molecular weight is 492 g/mol. The predicted octanol–water partition coefficient (Wildman–Crippen LogP) is 4.74. The first-order valence-electron chi connectivity index (χ1n) is 11.6. The zero-order chi connectivity index (χ0) is 25.2. The van der Waals surface area contributed by atoms with Crippen molar-refractivity contribution in [2.75, 3.05) is 33.3 Å². The number of methoxy groups -OCH3 is 1. The summed E-state index contributed by atoms with van der Waals surface area (Å²) in [6.07, 6.45) is -2.14. The second-order valence-corrected chi connectivity index (χ2v) is 9.08. The van der Waals surface area contributed by atoms with Crippen molar-refractivity contribution >= 4 is 12.0 Å². The predicted molar refractivity (Wildman–Crippen MR) is 121 cm³/mol. The highest BCUT2D eigenvalue weighted by molar-refractivity contribution is 5.94. The molecule has 2 aliphatic heterocycles. The van der Waals surface area contributed by atoms with Gasteiger partial charge in [0.05, 0.1) is 11.2 Å². The van der Waals surface area contributed by atoms with E-state index in [9.17, 15) is 27.9 Å². The molecule has 188 valence electrons. The fourth-order valence-corrected chi connectivity index (χ4v) is 4.96. The molecule has 0 unspecified atom stereocenters. The molecule has 0 atom stereocenters. The number of rotatable bonds is 4. The number of ether oxygens (including phenoxy) is 1. The highest BCUT2D eigenvalue weighted by Gasteiger charge is 2.38. The molecule has 0 spiro atoms. The number of amides is 2. The van der Waals surface area contributed by atoms with Crippen molar-refractivity contribution < 1.29 is 32.6 Å². The van der Waals surface area contributed by atoms with Crippen molar-refractivity contribution in [1.29, 1.82) is 0 Å². The third kappa shape index (κ3) is 5.27. The molecule has 0 bridgehead atoms. The Kier molecular flexibility index (Phi) is 7.02. The van der Waals surface area contributed by atoms with E-state index in [0.717, 1.165) is 17.8 Å². The second kappa shape index (κ2) is 9.85. The lowest BCUT2D eigenvalue weighted by molar-refractivity contribution is -0.137. The molecule has 1 N–H and O–H groups in total. The van der Waals surface area contributed by atoms with Crippen molar-refractivity contribution in [2.24, 2.45) is 0 Å². The van der Waals surface area contributed by atoms with Gasteiger partial charge >= 0.3 is 12.3 Å². The molecule has 2 aliphatic rings. The van der Waals surface area contributed by atoms with E-state index in [1.807, 2.05) is 12.1 Å². The summed E-state index contributed by atoms with van der Waals surface area (Å²) in [6, 6.07) is 9.76. The van der Waals surface area contributed by atoms with E-state index in [1.54, 1.807) is 24.1 Å². The molecule has 2 saturated heterocycles. The van der Waals surface area contributed by atoms with Crippen LogP contribution in [0.1, 0.15) is 58.8 Å². The third-order valence-corrected chi connectivity index (χ3v) is 7.20. The maximum Gasteiger partial charge on any atom is 0.417 e. The number of carboxylic acid groups (broad SMARTS) is 1. The van der Waals surface area contributed by atoms with Crippen molar-refractivity contribution in [1.82, 2.24) is 14.8 Å². The summed E-state index contributed by atoms with van der Waals surface area (Å²) in [6.45, 7) is 1.77. The van der Waals surface area contributed by atoms with E-state index in [0.29, 0.717) is 63.1 Å². The van der Waals surface area contributed by atoms with Crippen LogP contribution in [0.2, 0.25) is 0 Å². The molecule has 2 aromatic rings. The molecule has 0 aliphatic carbocycles. The Bertz CT molecular complexity index is 1040. The number of nitrogens with zero attached hydrogens (tertiary/aromatic N) is 3. The minimum atomic E-state index is -4.41. The maximum atomic E-state index is 13.0.